The number of hydrogen-bond donors (Lipinski definition) is 1. The lowest BCUT2D eigenvalue weighted by Gasteiger charge is -2.29. The Morgan fingerprint density at radius 1 is 1.60 bits per heavy atom. The van der Waals surface area contributed by atoms with Gasteiger partial charge in [0.05, 0.1) is 13.0 Å². The number of hydrogen-bond acceptors (Lipinski definition) is 4. The molecule has 0 spiro atoms. The summed E-state index contributed by atoms with van der Waals surface area (Å²) in [4.78, 5) is 11.1. The molecule has 0 radical (unpaired) electrons. The van der Waals surface area contributed by atoms with Crippen molar-refractivity contribution in [3.05, 3.63) is 0 Å². The SMILES string of the molecule is CCOC(=O)CCNC1CCCSC1C. The quantitative estimate of drug-likeness (QED) is 0.732. The zero-order valence-corrected chi connectivity index (χ0v) is 10.4. The van der Waals surface area contributed by atoms with Gasteiger partial charge < -0.3 is 10.1 Å². The van der Waals surface area contributed by atoms with Crippen molar-refractivity contribution in [2.75, 3.05) is 18.9 Å². The maximum atomic E-state index is 11.1. The van der Waals surface area contributed by atoms with E-state index >= 15 is 0 Å². The molecule has 1 aliphatic rings. The second-order valence-electron chi connectivity index (χ2n) is 3.83. The van der Waals surface area contributed by atoms with Crippen LogP contribution in [0.1, 0.15) is 33.1 Å². The zero-order valence-electron chi connectivity index (χ0n) is 9.62. The topological polar surface area (TPSA) is 38.3 Å². The number of rotatable bonds is 5. The highest BCUT2D eigenvalue weighted by Crippen LogP contribution is 2.24. The number of ether oxygens (including phenoxy) is 1. The highest BCUT2D eigenvalue weighted by molar-refractivity contribution is 7.99. The molecule has 1 heterocycles. The highest BCUT2D eigenvalue weighted by Gasteiger charge is 2.20. The third-order valence-corrected chi connectivity index (χ3v) is 4.03. The Hall–Kier alpha value is -0.220. The molecule has 0 amide bonds. The maximum Gasteiger partial charge on any atom is 0.307 e. The van der Waals surface area contributed by atoms with Gasteiger partial charge in [0, 0.05) is 17.8 Å². The Labute approximate surface area is 96.3 Å². The Morgan fingerprint density at radius 3 is 3.07 bits per heavy atom. The first-order valence-electron chi connectivity index (χ1n) is 5.74. The normalized spacial score (nSPS) is 26.3. The molecule has 2 atom stereocenters. The van der Waals surface area contributed by atoms with E-state index in [1.165, 1.54) is 18.6 Å². The van der Waals surface area contributed by atoms with E-state index in [1.54, 1.807) is 0 Å². The summed E-state index contributed by atoms with van der Waals surface area (Å²) in [6.45, 7) is 5.32. The molecular formula is C11H21NO2S. The molecule has 4 heteroatoms. The van der Waals surface area contributed by atoms with Crippen LogP contribution in [0.15, 0.2) is 0 Å². The van der Waals surface area contributed by atoms with Gasteiger partial charge in [-0.2, -0.15) is 11.8 Å². The molecule has 0 aliphatic carbocycles. The molecule has 1 rings (SSSR count). The molecular weight excluding hydrogens is 210 g/mol. The van der Waals surface area contributed by atoms with Gasteiger partial charge in [-0.05, 0) is 25.5 Å². The Bertz CT molecular complexity index is 199. The fraction of sp³-hybridized carbons (Fsp3) is 0.909. The van der Waals surface area contributed by atoms with Gasteiger partial charge in [0.2, 0.25) is 0 Å². The largest absolute Gasteiger partial charge is 0.466 e. The van der Waals surface area contributed by atoms with Gasteiger partial charge in [-0.1, -0.05) is 6.92 Å². The number of carbonyl (C=O) groups is 1. The maximum absolute atomic E-state index is 11.1. The Kier molecular flexibility index (Phi) is 6.10. The van der Waals surface area contributed by atoms with Crippen LogP contribution in [0.25, 0.3) is 0 Å². The van der Waals surface area contributed by atoms with Crippen molar-refractivity contribution in [2.45, 2.75) is 44.4 Å². The fourth-order valence-electron chi connectivity index (χ4n) is 1.78. The molecule has 2 unspecified atom stereocenters. The third kappa shape index (κ3) is 4.89. The van der Waals surface area contributed by atoms with E-state index < -0.39 is 0 Å². The Morgan fingerprint density at radius 2 is 2.40 bits per heavy atom. The van der Waals surface area contributed by atoms with Crippen molar-refractivity contribution in [1.82, 2.24) is 5.32 Å². The Balaban J connectivity index is 2.10. The standard InChI is InChI=1S/C11H21NO2S/c1-3-14-11(13)6-7-12-10-5-4-8-15-9(10)2/h9-10,12H,3-8H2,1-2H3. The van der Waals surface area contributed by atoms with Gasteiger partial charge in [0.1, 0.15) is 0 Å². The fourth-order valence-corrected chi connectivity index (χ4v) is 2.95. The van der Waals surface area contributed by atoms with Crippen LogP contribution >= 0.6 is 11.8 Å². The molecule has 0 saturated carbocycles. The smallest absolute Gasteiger partial charge is 0.307 e. The molecule has 1 aliphatic heterocycles. The summed E-state index contributed by atoms with van der Waals surface area (Å²) in [5.74, 6) is 1.18. The van der Waals surface area contributed by atoms with Crippen LogP contribution in [0.5, 0.6) is 0 Å². The first kappa shape index (κ1) is 12.8. The van der Waals surface area contributed by atoms with Gasteiger partial charge in [-0.25, -0.2) is 0 Å². The first-order chi connectivity index (χ1) is 7.24. The van der Waals surface area contributed by atoms with Crippen molar-refractivity contribution in [3.63, 3.8) is 0 Å². The van der Waals surface area contributed by atoms with Crippen LogP contribution in [0.2, 0.25) is 0 Å². The molecule has 3 nitrogen and oxygen atoms in total. The monoisotopic (exact) mass is 231 g/mol. The second kappa shape index (κ2) is 7.12. The third-order valence-electron chi connectivity index (χ3n) is 2.65. The summed E-state index contributed by atoms with van der Waals surface area (Å²) in [6.07, 6.45) is 3.00. The van der Waals surface area contributed by atoms with Crippen LogP contribution in [0.3, 0.4) is 0 Å². The predicted molar refractivity (Wildman–Crippen MR) is 64.2 cm³/mol. The summed E-state index contributed by atoms with van der Waals surface area (Å²) in [6, 6.07) is 0.568. The molecule has 15 heavy (non-hydrogen) atoms. The number of thioether (sulfide) groups is 1. The van der Waals surface area contributed by atoms with Crippen molar-refractivity contribution in [1.29, 1.82) is 0 Å². The summed E-state index contributed by atoms with van der Waals surface area (Å²) >= 11 is 2.02. The van der Waals surface area contributed by atoms with Gasteiger partial charge >= 0.3 is 5.97 Å². The van der Waals surface area contributed by atoms with E-state index in [4.69, 9.17) is 4.74 Å². The summed E-state index contributed by atoms with van der Waals surface area (Å²) in [5.41, 5.74) is 0. The number of nitrogens with one attached hydrogen (secondary N) is 1. The average Bonchev–Trinajstić information content (AvgIpc) is 2.21. The molecule has 1 saturated heterocycles. The zero-order chi connectivity index (χ0) is 11.1. The molecule has 88 valence electrons. The van der Waals surface area contributed by atoms with Gasteiger partial charge in [-0.3, -0.25) is 4.79 Å². The lowest BCUT2D eigenvalue weighted by atomic mass is 10.1. The highest BCUT2D eigenvalue weighted by atomic mass is 32.2. The van der Waals surface area contributed by atoms with E-state index in [2.05, 4.69) is 12.2 Å². The molecule has 1 N–H and O–H groups in total. The van der Waals surface area contributed by atoms with Crippen LogP contribution < -0.4 is 5.32 Å². The van der Waals surface area contributed by atoms with E-state index in [0.29, 0.717) is 24.3 Å². The van der Waals surface area contributed by atoms with Crippen LogP contribution in [0, 0.1) is 0 Å². The van der Waals surface area contributed by atoms with Gasteiger partial charge in [-0.15, -0.1) is 0 Å². The van der Waals surface area contributed by atoms with E-state index in [0.717, 1.165) is 6.54 Å². The average molecular weight is 231 g/mol. The van der Waals surface area contributed by atoms with Crippen molar-refractivity contribution < 1.29 is 9.53 Å². The van der Waals surface area contributed by atoms with E-state index in [1.807, 2.05) is 18.7 Å². The molecule has 0 bridgehead atoms. The van der Waals surface area contributed by atoms with Crippen LogP contribution in [-0.2, 0) is 9.53 Å². The minimum absolute atomic E-state index is 0.0962. The second-order valence-corrected chi connectivity index (χ2v) is 5.32. The van der Waals surface area contributed by atoms with E-state index in [9.17, 15) is 4.79 Å². The molecule has 0 aromatic carbocycles. The van der Waals surface area contributed by atoms with Gasteiger partial charge in [0.25, 0.3) is 0 Å². The van der Waals surface area contributed by atoms with Gasteiger partial charge in [0.15, 0.2) is 0 Å². The summed E-state index contributed by atoms with van der Waals surface area (Å²) in [7, 11) is 0. The van der Waals surface area contributed by atoms with Crippen LogP contribution in [-0.4, -0.2) is 36.2 Å². The van der Waals surface area contributed by atoms with E-state index in [-0.39, 0.29) is 5.97 Å². The first-order valence-corrected chi connectivity index (χ1v) is 6.79. The summed E-state index contributed by atoms with van der Waals surface area (Å²) in [5, 5.41) is 4.11. The lowest BCUT2D eigenvalue weighted by molar-refractivity contribution is -0.143. The summed E-state index contributed by atoms with van der Waals surface area (Å²) < 4.78 is 4.87. The minimum Gasteiger partial charge on any atom is -0.466 e. The number of carbonyl (C=O) groups excluding carboxylic acids is 1. The predicted octanol–water partition coefficient (Wildman–Crippen LogP) is 1.81. The molecule has 1 fully saturated rings. The molecule has 0 aromatic heterocycles. The molecule has 0 aromatic rings. The number of esters is 1. The van der Waals surface area contributed by atoms with Crippen molar-refractivity contribution in [2.24, 2.45) is 0 Å². The van der Waals surface area contributed by atoms with Crippen molar-refractivity contribution >= 4 is 17.7 Å². The lowest BCUT2D eigenvalue weighted by Crippen LogP contribution is -2.40. The minimum atomic E-state index is -0.0962. The van der Waals surface area contributed by atoms with Crippen LogP contribution in [0.4, 0.5) is 0 Å². The van der Waals surface area contributed by atoms with Crippen molar-refractivity contribution in [3.8, 4) is 0 Å².